The summed E-state index contributed by atoms with van der Waals surface area (Å²) >= 11 is 3.31. The normalized spacial score (nSPS) is 10.7. The zero-order chi connectivity index (χ0) is 22.5. The summed E-state index contributed by atoms with van der Waals surface area (Å²) in [5.41, 5.74) is 1.64. The van der Waals surface area contributed by atoms with Gasteiger partial charge in [-0.15, -0.1) is 0 Å². The highest BCUT2D eigenvalue weighted by atomic mass is 79.9. The average molecular weight is 493 g/mol. The molecular weight excluding hydrogens is 476 g/mol. The van der Waals surface area contributed by atoms with Gasteiger partial charge in [-0.25, -0.2) is 9.78 Å². The standard InChI is InChI=1S/C24H17BrN2O5/c25-18-8-11-21-26-19(12-22(28)27(21)13-18)14-32-23(29)15-31-20-9-6-17(7-10-20)24(30)16-4-2-1-3-5-16/h1-13H,14-15H2. The van der Waals surface area contributed by atoms with Crippen molar-refractivity contribution in [3.05, 3.63) is 111 Å². The van der Waals surface area contributed by atoms with E-state index in [4.69, 9.17) is 9.47 Å². The molecule has 8 heteroatoms. The van der Waals surface area contributed by atoms with Gasteiger partial charge in [0.25, 0.3) is 5.56 Å². The number of pyridine rings is 1. The molecule has 0 amide bonds. The van der Waals surface area contributed by atoms with Crippen LogP contribution in [0.1, 0.15) is 21.6 Å². The predicted molar refractivity (Wildman–Crippen MR) is 121 cm³/mol. The van der Waals surface area contributed by atoms with Crippen LogP contribution in [-0.2, 0) is 16.1 Å². The number of ether oxygens (including phenoxy) is 2. The fourth-order valence-electron chi connectivity index (χ4n) is 3.00. The first-order valence-electron chi connectivity index (χ1n) is 9.66. The summed E-state index contributed by atoms with van der Waals surface area (Å²) in [7, 11) is 0. The van der Waals surface area contributed by atoms with E-state index in [9.17, 15) is 14.4 Å². The van der Waals surface area contributed by atoms with E-state index in [0.717, 1.165) is 4.47 Å². The van der Waals surface area contributed by atoms with E-state index in [1.165, 1.54) is 10.5 Å². The van der Waals surface area contributed by atoms with Gasteiger partial charge in [0.15, 0.2) is 12.4 Å². The molecule has 0 aliphatic carbocycles. The molecule has 0 bridgehead atoms. The quantitative estimate of drug-likeness (QED) is 0.288. The predicted octanol–water partition coefficient (Wildman–Crippen LogP) is 3.81. The Balaban J connectivity index is 1.31. The number of esters is 1. The summed E-state index contributed by atoms with van der Waals surface area (Å²) in [5, 5.41) is 0. The van der Waals surface area contributed by atoms with E-state index in [1.54, 1.807) is 66.9 Å². The molecule has 2 aromatic carbocycles. The lowest BCUT2D eigenvalue weighted by molar-refractivity contribution is -0.147. The van der Waals surface area contributed by atoms with E-state index in [2.05, 4.69) is 20.9 Å². The summed E-state index contributed by atoms with van der Waals surface area (Å²) < 4.78 is 12.7. The second-order valence-electron chi connectivity index (χ2n) is 6.83. The van der Waals surface area contributed by atoms with Crippen LogP contribution in [0.5, 0.6) is 5.75 Å². The summed E-state index contributed by atoms with van der Waals surface area (Å²) in [6, 6.07) is 20.2. The molecule has 0 aliphatic rings. The SMILES string of the molecule is O=C(COc1ccc(C(=O)c2ccccc2)cc1)OCc1cc(=O)n2cc(Br)ccc2n1. The van der Waals surface area contributed by atoms with Crippen LogP contribution in [0.15, 0.2) is 88.3 Å². The first-order valence-corrected chi connectivity index (χ1v) is 10.4. The van der Waals surface area contributed by atoms with Crippen LogP contribution in [0.3, 0.4) is 0 Å². The van der Waals surface area contributed by atoms with Crippen LogP contribution in [0.4, 0.5) is 0 Å². The van der Waals surface area contributed by atoms with Crippen molar-refractivity contribution in [3.63, 3.8) is 0 Å². The number of hydrogen-bond donors (Lipinski definition) is 0. The molecule has 7 nitrogen and oxygen atoms in total. The van der Waals surface area contributed by atoms with Crippen molar-refractivity contribution in [2.45, 2.75) is 6.61 Å². The van der Waals surface area contributed by atoms with Gasteiger partial charge in [0.1, 0.15) is 18.0 Å². The molecule has 32 heavy (non-hydrogen) atoms. The Morgan fingerprint density at radius 2 is 1.66 bits per heavy atom. The molecule has 4 aromatic rings. The van der Waals surface area contributed by atoms with Crippen molar-refractivity contribution in [2.75, 3.05) is 6.61 Å². The molecular formula is C24H17BrN2O5. The number of carbonyl (C=O) groups excluding carboxylic acids is 2. The van der Waals surface area contributed by atoms with Crippen LogP contribution in [-0.4, -0.2) is 27.7 Å². The number of halogens is 1. The van der Waals surface area contributed by atoms with E-state index in [-0.39, 0.29) is 24.6 Å². The Hall–Kier alpha value is -3.78. The van der Waals surface area contributed by atoms with Gasteiger partial charge >= 0.3 is 5.97 Å². The fourth-order valence-corrected chi connectivity index (χ4v) is 3.33. The Kier molecular flexibility index (Phi) is 6.42. The first-order chi connectivity index (χ1) is 15.5. The number of aromatic nitrogens is 2. The minimum absolute atomic E-state index is 0.0947. The van der Waals surface area contributed by atoms with Crippen molar-refractivity contribution in [2.24, 2.45) is 0 Å². The number of benzene rings is 2. The molecule has 2 heterocycles. The van der Waals surface area contributed by atoms with Gasteiger partial charge in [0.2, 0.25) is 0 Å². The second kappa shape index (κ2) is 9.57. The second-order valence-corrected chi connectivity index (χ2v) is 7.75. The Bertz CT molecular complexity index is 1330. The third-order valence-corrected chi connectivity index (χ3v) is 5.04. The number of carbonyl (C=O) groups is 2. The zero-order valence-corrected chi connectivity index (χ0v) is 18.3. The summed E-state index contributed by atoms with van der Waals surface area (Å²) in [5.74, 6) is -0.269. The number of fused-ring (bicyclic) bond motifs is 1. The summed E-state index contributed by atoms with van der Waals surface area (Å²) in [6.45, 7) is -0.458. The van der Waals surface area contributed by atoms with Gasteiger partial charge in [-0.3, -0.25) is 14.0 Å². The van der Waals surface area contributed by atoms with Crippen molar-refractivity contribution in [1.29, 1.82) is 0 Å². The largest absolute Gasteiger partial charge is 0.482 e. The monoisotopic (exact) mass is 492 g/mol. The summed E-state index contributed by atoms with van der Waals surface area (Å²) in [6.07, 6.45) is 1.62. The minimum atomic E-state index is -0.604. The van der Waals surface area contributed by atoms with E-state index in [0.29, 0.717) is 28.2 Å². The van der Waals surface area contributed by atoms with Gasteiger partial charge in [-0.2, -0.15) is 0 Å². The molecule has 160 valence electrons. The molecule has 2 aromatic heterocycles. The smallest absolute Gasteiger partial charge is 0.344 e. The van der Waals surface area contributed by atoms with Crippen LogP contribution >= 0.6 is 15.9 Å². The van der Waals surface area contributed by atoms with Crippen molar-refractivity contribution in [3.8, 4) is 5.75 Å². The van der Waals surface area contributed by atoms with Crippen LogP contribution in [0.2, 0.25) is 0 Å². The number of hydrogen-bond acceptors (Lipinski definition) is 6. The van der Waals surface area contributed by atoms with Gasteiger partial charge in [-0.05, 0) is 52.3 Å². The topological polar surface area (TPSA) is 87.0 Å². The minimum Gasteiger partial charge on any atom is -0.482 e. The molecule has 0 aliphatic heterocycles. The van der Waals surface area contributed by atoms with Crippen LogP contribution < -0.4 is 10.3 Å². The third-order valence-electron chi connectivity index (χ3n) is 4.57. The van der Waals surface area contributed by atoms with Gasteiger partial charge in [-0.1, -0.05) is 30.3 Å². The lowest BCUT2D eigenvalue weighted by Crippen LogP contribution is -2.18. The highest BCUT2D eigenvalue weighted by molar-refractivity contribution is 9.10. The maximum absolute atomic E-state index is 12.4. The molecule has 0 fully saturated rings. The Morgan fingerprint density at radius 1 is 0.938 bits per heavy atom. The number of nitrogens with zero attached hydrogens (tertiary/aromatic N) is 2. The third kappa shape index (κ3) is 5.09. The molecule has 0 saturated carbocycles. The van der Waals surface area contributed by atoms with Crippen molar-refractivity contribution >= 4 is 33.3 Å². The Morgan fingerprint density at radius 3 is 2.41 bits per heavy atom. The van der Waals surface area contributed by atoms with Gasteiger partial charge < -0.3 is 9.47 Å². The van der Waals surface area contributed by atoms with E-state index >= 15 is 0 Å². The molecule has 0 unspecified atom stereocenters. The van der Waals surface area contributed by atoms with Gasteiger partial charge in [0.05, 0.1) is 5.69 Å². The fraction of sp³-hybridized carbons (Fsp3) is 0.0833. The van der Waals surface area contributed by atoms with Gasteiger partial charge in [0, 0.05) is 27.9 Å². The highest BCUT2D eigenvalue weighted by Crippen LogP contribution is 2.16. The van der Waals surface area contributed by atoms with Crippen molar-refractivity contribution in [1.82, 2.24) is 9.38 Å². The molecule has 0 spiro atoms. The number of ketones is 1. The average Bonchev–Trinajstić information content (AvgIpc) is 2.82. The first kappa shape index (κ1) is 21.5. The lowest BCUT2D eigenvalue weighted by atomic mass is 10.0. The molecule has 4 rings (SSSR count). The van der Waals surface area contributed by atoms with E-state index in [1.807, 2.05) is 6.07 Å². The molecule has 0 saturated heterocycles. The molecule has 0 atom stereocenters. The summed E-state index contributed by atoms with van der Waals surface area (Å²) in [4.78, 5) is 40.9. The molecule has 0 N–H and O–H groups in total. The lowest BCUT2D eigenvalue weighted by Gasteiger charge is -2.08. The van der Waals surface area contributed by atoms with Crippen LogP contribution in [0.25, 0.3) is 5.65 Å². The number of rotatable bonds is 7. The van der Waals surface area contributed by atoms with Crippen molar-refractivity contribution < 1.29 is 19.1 Å². The molecule has 0 radical (unpaired) electrons. The maximum atomic E-state index is 12.4. The highest BCUT2D eigenvalue weighted by Gasteiger charge is 2.10. The maximum Gasteiger partial charge on any atom is 0.344 e. The Labute approximate surface area is 191 Å². The van der Waals surface area contributed by atoms with E-state index < -0.39 is 5.97 Å². The zero-order valence-electron chi connectivity index (χ0n) is 16.7. The van der Waals surface area contributed by atoms with Crippen LogP contribution in [0, 0.1) is 0 Å².